The Labute approximate surface area is 261 Å². The van der Waals surface area contributed by atoms with Gasteiger partial charge in [-0.25, -0.2) is 9.97 Å². The number of aromatic nitrogens is 2. The van der Waals surface area contributed by atoms with Crippen molar-refractivity contribution in [1.29, 1.82) is 0 Å². The van der Waals surface area contributed by atoms with Crippen molar-refractivity contribution >= 4 is 35.3 Å². The fourth-order valence-electron chi connectivity index (χ4n) is 6.15. The molecular formula is C34H46N8O2. The van der Waals surface area contributed by atoms with E-state index in [-0.39, 0.29) is 5.91 Å². The molecule has 2 atom stereocenters. The van der Waals surface area contributed by atoms with E-state index in [2.05, 4.69) is 92.9 Å². The molecule has 2 fully saturated rings. The van der Waals surface area contributed by atoms with Gasteiger partial charge in [0.1, 0.15) is 24.0 Å². The van der Waals surface area contributed by atoms with Crippen molar-refractivity contribution in [3.05, 3.63) is 72.1 Å². The molecule has 2 amide bonds. The van der Waals surface area contributed by atoms with Crippen molar-refractivity contribution in [3.8, 4) is 0 Å². The number of hydrogen-bond acceptors (Lipinski definition) is 8. The minimum atomic E-state index is -0.451. The third-order valence-electron chi connectivity index (χ3n) is 8.51. The number of likely N-dealkylation sites (tertiary alicyclic amines) is 1. The number of benzene rings is 2. The average Bonchev–Trinajstić information content (AvgIpc) is 3.41. The summed E-state index contributed by atoms with van der Waals surface area (Å²) in [4.78, 5) is 39.7. The van der Waals surface area contributed by atoms with Crippen LogP contribution in [0, 0.1) is 5.92 Å². The molecule has 44 heavy (non-hydrogen) atoms. The number of nitrogens with one attached hydrogen (secondary N) is 3. The number of anilines is 4. The molecule has 0 aliphatic carbocycles. The summed E-state index contributed by atoms with van der Waals surface area (Å²) < 4.78 is 0. The third kappa shape index (κ3) is 8.76. The van der Waals surface area contributed by atoms with Gasteiger partial charge in [0, 0.05) is 62.8 Å². The molecule has 3 heterocycles. The van der Waals surface area contributed by atoms with Gasteiger partial charge in [-0.15, -0.1) is 0 Å². The van der Waals surface area contributed by atoms with Crippen LogP contribution in [0.5, 0.6) is 0 Å². The van der Waals surface area contributed by atoms with E-state index in [0.717, 1.165) is 43.4 Å². The Kier molecular flexibility index (Phi) is 10.8. The zero-order chi connectivity index (χ0) is 30.9. The molecule has 234 valence electrons. The number of piperazine rings is 1. The van der Waals surface area contributed by atoms with Crippen LogP contribution >= 0.6 is 0 Å². The first-order valence-corrected chi connectivity index (χ1v) is 15.8. The van der Waals surface area contributed by atoms with Crippen molar-refractivity contribution in [2.75, 3.05) is 43.4 Å². The molecule has 3 aromatic rings. The first-order chi connectivity index (χ1) is 21.4. The fraction of sp³-hybridized carbons (Fsp3) is 0.471. The molecule has 10 heteroatoms. The predicted octanol–water partition coefficient (Wildman–Crippen LogP) is 4.75. The van der Waals surface area contributed by atoms with Gasteiger partial charge in [-0.05, 0) is 74.0 Å². The van der Waals surface area contributed by atoms with E-state index in [1.165, 1.54) is 30.5 Å². The fourth-order valence-corrected chi connectivity index (χ4v) is 6.15. The Bertz CT molecular complexity index is 1390. The molecule has 1 unspecified atom stereocenters. The smallest absolute Gasteiger partial charge is 0.245 e. The second-order valence-electron chi connectivity index (χ2n) is 12.5. The van der Waals surface area contributed by atoms with Crippen molar-refractivity contribution in [2.24, 2.45) is 5.92 Å². The number of amides is 2. The summed E-state index contributed by atoms with van der Waals surface area (Å²) in [6, 6.07) is 19.0. The van der Waals surface area contributed by atoms with Crippen LogP contribution in [-0.2, 0) is 22.7 Å². The maximum absolute atomic E-state index is 13.0. The van der Waals surface area contributed by atoms with Gasteiger partial charge in [0.25, 0.3) is 0 Å². The summed E-state index contributed by atoms with van der Waals surface area (Å²) in [5.41, 5.74) is 4.45. The zero-order valence-corrected chi connectivity index (χ0v) is 26.2. The van der Waals surface area contributed by atoms with E-state index in [4.69, 9.17) is 0 Å². The summed E-state index contributed by atoms with van der Waals surface area (Å²) in [6.07, 6.45) is 5.40. The molecule has 3 N–H and O–H groups in total. The zero-order valence-electron chi connectivity index (χ0n) is 26.2. The van der Waals surface area contributed by atoms with Crippen LogP contribution in [0.25, 0.3) is 0 Å². The summed E-state index contributed by atoms with van der Waals surface area (Å²) in [5.74, 6) is 1.79. The molecule has 2 aliphatic rings. The molecule has 2 saturated heterocycles. The molecule has 0 bridgehead atoms. The molecule has 2 aromatic carbocycles. The van der Waals surface area contributed by atoms with Crippen LogP contribution in [0.4, 0.5) is 23.0 Å². The first kappa shape index (κ1) is 31.4. The Morgan fingerprint density at radius 3 is 2.11 bits per heavy atom. The van der Waals surface area contributed by atoms with Gasteiger partial charge in [0.15, 0.2) is 0 Å². The van der Waals surface area contributed by atoms with E-state index in [0.29, 0.717) is 43.7 Å². The van der Waals surface area contributed by atoms with Crippen molar-refractivity contribution < 1.29 is 9.59 Å². The Morgan fingerprint density at radius 2 is 1.55 bits per heavy atom. The lowest BCUT2D eigenvalue weighted by atomic mass is 10.0. The number of nitrogens with zero attached hydrogens (tertiary/aromatic N) is 5. The van der Waals surface area contributed by atoms with Crippen LogP contribution in [0.2, 0.25) is 0 Å². The summed E-state index contributed by atoms with van der Waals surface area (Å²) in [6.45, 7) is 12.2. The van der Waals surface area contributed by atoms with Gasteiger partial charge >= 0.3 is 0 Å². The molecule has 10 nitrogen and oxygen atoms in total. The minimum absolute atomic E-state index is 0.0137. The molecule has 2 aliphatic heterocycles. The summed E-state index contributed by atoms with van der Waals surface area (Å²) >= 11 is 0. The van der Waals surface area contributed by atoms with E-state index in [9.17, 15) is 9.59 Å². The van der Waals surface area contributed by atoms with Crippen molar-refractivity contribution in [1.82, 2.24) is 30.0 Å². The highest BCUT2D eigenvalue weighted by atomic mass is 16.2. The van der Waals surface area contributed by atoms with Gasteiger partial charge in [-0.2, -0.15) is 0 Å². The van der Waals surface area contributed by atoms with Gasteiger partial charge in [-0.3, -0.25) is 19.4 Å². The maximum Gasteiger partial charge on any atom is 0.245 e. The van der Waals surface area contributed by atoms with Crippen LogP contribution in [0.1, 0.15) is 51.2 Å². The quantitative estimate of drug-likeness (QED) is 0.242. The largest absolute Gasteiger partial charge is 0.347 e. The van der Waals surface area contributed by atoms with Crippen LogP contribution in [-0.4, -0.2) is 81.8 Å². The Balaban J connectivity index is 1.14. The highest BCUT2D eigenvalue weighted by molar-refractivity contribution is 5.83. The van der Waals surface area contributed by atoms with Crippen LogP contribution in [0.3, 0.4) is 0 Å². The topological polar surface area (TPSA) is 106 Å². The van der Waals surface area contributed by atoms with Gasteiger partial charge in [0.05, 0.1) is 0 Å². The number of hydrogen-bond donors (Lipinski definition) is 3. The van der Waals surface area contributed by atoms with E-state index in [1.54, 1.807) is 6.33 Å². The van der Waals surface area contributed by atoms with Crippen LogP contribution in [0.15, 0.2) is 60.9 Å². The lowest BCUT2D eigenvalue weighted by Gasteiger charge is -2.36. The SMILES string of the molecule is CC(C)C[C@H](NC=O)C(=O)N1CCN(Cc2cccc(Nc3cc(Nc4cccc(CN5CCCC5C)c4)ncn3)c2)CC1. The third-order valence-corrected chi connectivity index (χ3v) is 8.51. The highest BCUT2D eigenvalue weighted by Crippen LogP contribution is 2.24. The van der Waals surface area contributed by atoms with Gasteiger partial charge < -0.3 is 20.9 Å². The normalized spacial score (nSPS) is 18.3. The Morgan fingerprint density at radius 1 is 0.909 bits per heavy atom. The van der Waals surface area contributed by atoms with Gasteiger partial charge in [-0.1, -0.05) is 38.1 Å². The molecule has 1 aromatic heterocycles. The number of carbonyl (C=O) groups excluding carboxylic acids is 2. The van der Waals surface area contributed by atoms with Crippen molar-refractivity contribution in [2.45, 2.75) is 65.2 Å². The lowest BCUT2D eigenvalue weighted by Crippen LogP contribution is -2.54. The highest BCUT2D eigenvalue weighted by Gasteiger charge is 2.28. The number of carbonyl (C=O) groups is 2. The summed E-state index contributed by atoms with van der Waals surface area (Å²) in [7, 11) is 0. The second kappa shape index (κ2) is 15.1. The van der Waals surface area contributed by atoms with Gasteiger partial charge in [0.2, 0.25) is 12.3 Å². The molecule has 5 rings (SSSR count). The molecule has 0 saturated carbocycles. The molecule has 0 spiro atoms. The van der Waals surface area contributed by atoms with E-state index in [1.807, 2.05) is 23.1 Å². The van der Waals surface area contributed by atoms with E-state index < -0.39 is 6.04 Å². The molecular weight excluding hydrogens is 552 g/mol. The Hall–Kier alpha value is -4.02. The maximum atomic E-state index is 13.0. The number of rotatable bonds is 13. The van der Waals surface area contributed by atoms with E-state index >= 15 is 0 Å². The minimum Gasteiger partial charge on any atom is -0.347 e. The lowest BCUT2D eigenvalue weighted by molar-refractivity contribution is -0.137. The van der Waals surface area contributed by atoms with Crippen LogP contribution < -0.4 is 16.0 Å². The second-order valence-corrected chi connectivity index (χ2v) is 12.5. The molecule has 0 radical (unpaired) electrons. The predicted molar refractivity (Wildman–Crippen MR) is 175 cm³/mol. The standard InChI is InChI=1S/C34H46N8O2/c1-25(2)17-31(37-24-43)34(44)41-15-13-40(14-16-41)21-27-8-4-10-29(18-27)38-32-20-33(36-23-35-32)39-30-11-5-9-28(19-30)22-42-12-6-7-26(42)3/h4-5,8-11,18-20,23-26,31H,6-7,12-17,21-22H2,1-3H3,(H,37,43)(H2,35,36,38,39)/t26?,31-/m0/s1. The monoisotopic (exact) mass is 598 g/mol. The summed E-state index contributed by atoms with van der Waals surface area (Å²) in [5, 5.41) is 9.58. The average molecular weight is 599 g/mol. The first-order valence-electron chi connectivity index (χ1n) is 15.8. The van der Waals surface area contributed by atoms with Crippen molar-refractivity contribution in [3.63, 3.8) is 0 Å².